The van der Waals surface area contributed by atoms with Gasteiger partial charge in [0.1, 0.15) is 5.75 Å². The first-order chi connectivity index (χ1) is 11.7. The molecule has 0 radical (unpaired) electrons. The standard InChI is InChI=1S/C16H14Cl2N2O4S/c17-11-6-12(18)8-13(7-11)24-9-16(21)20-4-3-10-5-14(25(19,22)23)1-2-15(10)20/h1-2,5-8H,3-4,9H2,(H2,19,22,23). The van der Waals surface area contributed by atoms with Crippen LogP contribution in [0.4, 0.5) is 5.69 Å². The molecule has 0 aliphatic carbocycles. The molecule has 0 aromatic heterocycles. The number of anilines is 1. The molecule has 0 unspecified atom stereocenters. The van der Waals surface area contributed by atoms with E-state index in [1.807, 2.05) is 0 Å². The monoisotopic (exact) mass is 400 g/mol. The van der Waals surface area contributed by atoms with Crippen LogP contribution < -0.4 is 14.8 Å². The lowest BCUT2D eigenvalue weighted by Crippen LogP contribution is -2.33. The average molecular weight is 401 g/mol. The van der Waals surface area contributed by atoms with Gasteiger partial charge in [-0.2, -0.15) is 0 Å². The van der Waals surface area contributed by atoms with Crippen LogP contribution in [0.1, 0.15) is 5.56 Å². The third kappa shape index (κ3) is 4.07. The van der Waals surface area contributed by atoms with E-state index in [1.165, 1.54) is 12.1 Å². The molecule has 0 atom stereocenters. The molecule has 6 nitrogen and oxygen atoms in total. The van der Waals surface area contributed by atoms with Gasteiger partial charge in [0.25, 0.3) is 5.91 Å². The summed E-state index contributed by atoms with van der Waals surface area (Å²) in [6.45, 7) is 0.259. The Labute approximate surface area is 155 Å². The van der Waals surface area contributed by atoms with Crippen LogP contribution in [0.5, 0.6) is 5.75 Å². The van der Waals surface area contributed by atoms with Crippen LogP contribution in [-0.4, -0.2) is 27.5 Å². The number of carbonyl (C=O) groups excluding carboxylic acids is 1. The molecule has 1 amide bonds. The van der Waals surface area contributed by atoms with Gasteiger partial charge in [-0.3, -0.25) is 4.79 Å². The molecule has 0 spiro atoms. The number of carbonyl (C=O) groups is 1. The van der Waals surface area contributed by atoms with E-state index in [0.29, 0.717) is 34.4 Å². The molecule has 1 heterocycles. The summed E-state index contributed by atoms with van der Waals surface area (Å²) in [6.07, 6.45) is 0.549. The summed E-state index contributed by atoms with van der Waals surface area (Å²) < 4.78 is 28.3. The summed E-state index contributed by atoms with van der Waals surface area (Å²) in [4.78, 5) is 14.0. The third-order valence-electron chi connectivity index (χ3n) is 3.77. The normalized spacial score (nSPS) is 13.6. The summed E-state index contributed by atoms with van der Waals surface area (Å²) in [5, 5.41) is 5.96. The molecule has 0 saturated carbocycles. The molecule has 1 aliphatic rings. The van der Waals surface area contributed by atoms with Gasteiger partial charge in [0, 0.05) is 22.3 Å². The molecule has 2 aromatic carbocycles. The van der Waals surface area contributed by atoms with Gasteiger partial charge in [-0.1, -0.05) is 23.2 Å². The quantitative estimate of drug-likeness (QED) is 0.853. The van der Waals surface area contributed by atoms with Crippen LogP contribution in [0.25, 0.3) is 0 Å². The van der Waals surface area contributed by atoms with Gasteiger partial charge in [0.2, 0.25) is 10.0 Å². The van der Waals surface area contributed by atoms with E-state index in [2.05, 4.69) is 0 Å². The number of ether oxygens (including phenoxy) is 1. The molecule has 0 bridgehead atoms. The van der Waals surface area contributed by atoms with Crippen molar-refractivity contribution in [2.45, 2.75) is 11.3 Å². The number of nitrogens with two attached hydrogens (primary N) is 1. The Bertz CT molecular complexity index is 927. The molecule has 3 rings (SSSR count). The van der Waals surface area contributed by atoms with E-state index < -0.39 is 10.0 Å². The molecule has 0 saturated heterocycles. The van der Waals surface area contributed by atoms with Gasteiger partial charge >= 0.3 is 0 Å². The van der Waals surface area contributed by atoms with Crippen LogP contribution >= 0.6 is 23.2 Å². The van der Waals surface area contributed by atoms with Crippen molar-refractivity contribution in [2.24, 2.45) is 5.14 Å². The topological polar surface area (TPSA) is 89.7 Å². The maximum Gasteiger partial charge on any atom is 0.264 e. The SMILES string of the molecule is NS(=O)(=O)c1ccc2c(c1)CCN2C(=O)COc1cc(Cl)cc(Cl)c1. The van der Waals surface area contributed by atoms with Crippen molar-refractivity contribution in [3.63, 3.8) is 0 Å². The van der Waals surface area contributed by atoms with E-state index in [-0.39, 0.29) is 17.4 Å². The number of fused-ring (bicyclic) bond motifs is 1. The van der Waals surface area contributed by atoms with Gasteiger partial charge in [-0.15, -0.1) is 0 Å². The number of sulfonamides is 1. The first-order valence-electron chi connectivity index (χ1n) is 7.29. The molecular formula is C16H14Cl2N2O4S. The Kier molecular flexibility index (Phi) is 4.92. The van der Waals surface area contributed by atoms with E-state index in [9.17, 15) is 13.2 Å². The Morgan fingerprint density at radius 1 is 1.16 bits per heavy atom. The minimum absolute atomic E-state index is 0.0327. The summed E-state index contributed by atoms with van der Waals surface area (Å²) in [7, 11) is -3.77. The second-order valence-corrected chi connectivity index (χ2v) is 7.96. The van der Waals surface area contributed by atoms with Crippen molar-refractivity contribution in [2.75, 3.05) is 18.1 Å². The smallest absolute Gasteiger partial charge is 0.264 e. The van der Waals surface area contributed by atoms with Gasteiger partial charge in [-0.05, 0) is 48.4 Å². The number of hydrogen-bond donors (Lipinski definition) is 1. The maximum atomic E-state index is 12.4. The molecule has 25 heavy (non-hydrogen) atoms. The molecule has 1 aliphatic heterocycles. The number of rotatable bonds is 4. The zero-order valence-corrected chi connectivity index (χ0v) is 15.2. The first-order valence-corrected chi connectivity index (χ1v) is 9.59. The molecule has 0 fully saturated rings. The zero-order chi connectivity index (χ0) is 18.2. The predicted octanol–water partition coefficient (Wildman–Crippen LogP) is 2.61. The maximum absolute atomic E-state index is 12.4. The highest BCUT2D eigenvalue weighted by Crippen LogP contribution is 2.30. The zero-order valence-electron chi connectivity index (χ0n) is 12.9. The molecule has 132 valence electrons. The van der Waals surface area contributed by atoms with Crippen molar-refractivity contribution in [1.29, 1.82) is 0 Å². The number of hydrogen-bond acceptors (Lipinski definition) is 4. The van der Waals surface area contributed by atoms with Crippen LogP contribution in [0.15, 0.2) is 41.3 Å². The lowest BCUT2D eigenvalue weighted by molar-refractivity contribution is -0.120. The number of halogens is 2. The van der Waals surface area contributed by atoms with Crippen molar-refractivity contribution in [3.8, 4) is 5.75 Å². The Hall–Kier alpha value is -1.80. The fourth-order valence-electron chi connectivity index (χ4n) is 2.65. The second kappa shape index (κ2) is 6.84. The lowest BCUT2D eigenvalue weighted by Gasteiger charge is -2.18. The molecule has 2 N–H and O–H groups in total. The van der Waals surface area contributed by atoms with E-state index in [1.54, 1.807) is 29.2 Å². The second-order valence-electron chi connectivity index (χ2n) is 5.52. The van der Waals surface area contributed by atoms with Crippen LogP contribution in [0, 0.1) is 0 Å². The highest BCUT2D eigenvalue weighted by Gasteiger charge is 2.26. The number of primary sulfonamides is 1. The van der Waals surface area contributed by atoms with Gasteiger partial charge in [0.15, 0.2) is 6.61 Å². The summed E-state index contributed by atoms with van der Waals surface area (Å²) in [6, 6.07) is 9.16. The van der Waals surface area contributed by atoms with Gasteiger partial charge in [0.05, 0.1) is 4.90 Å². The Morgan fingerprint density at radius 2 is 1.84 bits per heavy atom. The van der Waals surface area contributed by atoms with Crippen LogP contribution in [0.3, 0.4) is 0 Å². The lowest BCUT2D eigenvalue weighted by atomic mass is 10.2. The number of nitrogens with zero attached hydrogens (tertiary/aromatic N) is 1. The van der Waals surface area contributed by atoms with Crippen LogP contribution in [-0.2, 0) is 21.2 Å². The van der Waals surface area contributed by atoms with Crippen molar-refractivity contribution in [1.82, 2.24) is 0 Å². The van der Waals surface area contributed by atoms with E-state index >= 15 is 0 Å². The predicted molar refractivity (Wildman–Crippen MR) is 95.8 cm³/mol. The van der Waals surface area contributed by atoms with Gasteiger partial charge < -0.3 is 9.64 Å². The van der Waals surface area contributed by atoms with Crippen molar-refractivity contribution >= 4 is 44.8 Å². The average Bonchev–Trinajstić information content (AvgIpc) is 2.94. The summed E-state index contributed by atoms with van der Waals surface area (Å²) in [5.74, 6) is 0.146. The highest BCUT2D eigenvalue weighted by molar-refractivity contribution is 7.89. The Balaban J connectivity index is 1.73. The van der Waals surface area contributed by atoms with E-state index in [4.69, 9.17) is 33.1 Å². The highest BCUT2D eigenvalue weighted by atomic mass is 35.5. The minimum Gasteiger partial charge on any atom is -0.484 e. The molecular weight excluding hydrogens is 387 g/mol. The Morgan fingerprint density at radius 3 is 2.48 bits per heavy atom. The largest absolute Gasteiger partial charge is 0.484 e. The van der Waals surface area contributed by atoms with Crippen molar-refractivity contribution in [3.05, 3.63) is 52.0 Å². The fourth-order valence-corrected chi connectivity index (χ4v) is 3.72. The van der Waals surface area contributed by atoms with Crippen molar-refractivity contribution < 1.29 is 17.9 Å². The van der Waals surface area contributed by atoms with E-state index in [0.717, 1.165) is 5.56 Å². The number of benzene rings is 2. The van der Waals surface area contributed by atoms with Crippen LogP contribution in [0.2, 0.25) is 10.0 Å². The van der Waals surface area contributed by atoms with Gasteiger partial charge in [-0.25, -0.2) is 13.6 Å². The minimum atomic E-state index is -3.77. The fraction of sp³-hybridized carbons (Fsp3) is 0.188. The molecule has 9 heteroatoms. The summed E-state index contributed by atoms with van der Waals surface area (Å²) >= 11 is 11.8. The third-order valence-corrected chi connectivity index (χ3v) is 5.12. The molecule has 2 aromatic rings. The summed E-state index contributed by atoms with van der Waals surface area (Å²) in [5.41, 5.74) is 1.41. The first kappa shape index (κ1) is 18.0. The number of amides is 1.